The van der Waals surface area contributed by atoms with Gasteiger partial charge in [-0.1, -0.05) is 13.8 Å². The van der Waals surface area contributed by atoms with Crippen molar-refractivity contribution in [3.05, 3.63) is 23.7 Å². The van der Waals surface area contributed by atoms with Crippen LogP contribution in [0.25, 0.3) is 0 Å². The van der Waals surface area contributed by atoms with Crippen molar-refractivity contribution in [2.24, 2.45) is 0 Å². The molecule has 0 aliphatic carbocycles. The third-order valence-electron chi connectivity index (χ3n) is 3.15. The molecular weight excluding hydrogens is 202 g/mol. The Morgan fingerprint density at radius 1 is 1.44 bits per heavy atom. The first-order valence-corrected chi connectivity index (χ1v) is 6.01. The highest BCUT2D eigenvalue weighted by atomic mass is 16.3. The molecule has 0 saturated carbocycles. The number of rotatable bonds is 6. The molecule has 0 bridgehead atoms. The molecule has 3 nitrogen and oxygen atoms in total. The van der Waals surface area contributed by atoms with E-state index >= 15 is 0 Å². The van der Waals surface area contributed by atoms with E-state index in [0.29, 0.717) is 0 Å². The molecule has 16 heavy (non-hydrogen) atoms. The van der Waals surface area contributed by atoms with E-state index in [1.54, 1.807) is 0 Å². The summed E-state index contributed by atoms with van der Waals surface area (Å²) in [5, 5.41) is 12.7. The number of furan rings is 1. The van der Waals surface area contributed by atoms with Crippen LogP contribution >= 0.6 is 0 Å². The maximum Gasteiger partial charge on any atom is 0.120 e. The Kier molecular flexibility index (Phi) is 4.56. The topological polar surface area (TPSA) is 45.4 Å². The SMILES string of the molecule is CCc1ccc(C(C)NC(C)(CC)CO)o1. The van der Waals surface area contributed by atoms with Crippen molar-refractivity contribution in [2.45, 2.75) is 52.1 Å². The minimum absolute atomic E-state index is 0.123. The summed E-state index contributed by atoms with van der Waals surface area (Å²) in [7, 11) is 0. The van der Waals surface area contributed by atoms with E-state index in [2.05, 4.69) is 26.1 Å². The minimum atomic E-state index is -0.238. The van der Waals surface area contributed by atoms with Crippen LogP contribution in [0, 0.1) is 0 Å². The van der Waals surface area contributed by atoms with Gasteiger partial charge in [-0.15, -0.1) is 0 Å². The van der Waals surface area contributed by atoms with Crippen LogP contribution in [0.15, 0.2) is 16.5 Å². The van der Waals surface area contributed by atoms with Crippen LogP contribution in [0.5, 0.6) is 0 Å². The molecule has 2 atom stereocenters. The Bertz CT molecular complexity index is 315. The summed E-state index contributed by atoms with van der Waals surface area (Å²) < 4.78 is 5.69. The number of aliphatic hydroxyl groups excluding tert-OH is 1. The molecule has 0 fully saturated rings. The summed E-state index contributed by atoms with van der Waals surface area (Å²) in [5.74, 6) is 1.94. The fourth-order valence-corrected chi connectivity index (χ4v) is 1.67. The van der Waals surface area contributed by atoms with Crippen molar-refractivity contribution < 1.29 is 9.52 Å². The fourth-order valence-electron chi connectivity index (χ4n) is 1.67. The van der Waals surface area contributed by atoms with Crippen molar-refractivity contribution in [1.29, 1.82) is 0 Å². The molecule has 0 saturated heterocycles. The monoisotopic (exact) mass is 225 g/mol. The highest BCUT2D eigenvalue weighted by molar-refractivity contribution is 5.10. The van der Waals surface area contributed by atoms with Gasteiger partial charge in [0.25, 0.3) is 0 Å². The van der Waals surface area contributed by atoms with Gasteiger partial charge >= 0.3 is 0 Å². The Balaban J connectivity index is 2.67. The summed E-state index contributed by atoms with van der Waals surface area (Å²) in [6.07, 6.45) is 1.80. The lowest BCUT2D eigenvalue weighted by atomic mass is 9.98. The van der Waals surface area contributed by atoms with Crippen molar-refractivity contribution >= 4 is 0 Å². The quantitative estimate of drug-likeness (QED) is 0.782. The number of nitrogens with one attached hydrogen (secondary N) is 1. The first-order valence-electron chi connectivity index (χ1n) is 6.01. The van der Waals surface area contributed by atoms with Crippen LogP contribution in [0.2, 0.25) is 0 Å². The van der Waals surface area contributed by atoms with Gasteiger partial charge in [0, 0.05) is 12.0 Å². The molecule has 1 rings (SSSR count). The molecule has 1 heterocycles. The Morgan fingerprint density at radius 3 is 2.56 bits per heavy atom. The van der Waals surface area contributed by atoms with E-state index < -0.39 is 0 Å². The molecule has 0 aromatic carbocycles. The first kappa shape index (κ1) is 13.3. The second kappa shape index (κ2) is 5.51. The van der Waals surface area contributed by atoms with Gasteiger partial charge in [-0.3, -0.25) is 0 Å². The summed E-state index contributed by atoms with van der Waals surface area (Å²) in [5.41, 5.74) is -0.238. The van der Waals surface area contributed by atoms with Crippen LogP contribution in [0.4, 0.5) is 0 Å². The van der Waals surface area contributed by atoms with Crippen LogP contribution in [-0.4, -0.2) is 17.3 Å². The fraction of sp³-hybridized carbons (Fsp3) is 0.692. The zero-order valence-electron chi connectivity index (χ0n) is 10.7. The smallest absolute Gasteiger partial charge is 0.120 e. The maximum atomic E-state index is 9.34. The Morgan fingerprint density at radius 2 is 2.12 bits per heavy atom. The third kappa shape index (κ3) is 3.09. The highest BCUT2D eigenvalue weighted by Crippen LogP contribution is 2.20. The lowest BCUT2D eigenvalue weighted by Crippen LogP contribution is -2.46. The number of hydrogen-bond acceptors (Lipinski definition) is 3. The van der Waals surface area contributed by atoms with Crippen LogP contribution in [0.3, 0.4) is 0 Å². The molecule has 0 spiro atoms. The van der Waals surface area contributed by atoms with Crippen LogP contribution in [-0.2, 0) is 6.42 Å². The summed E-state index contributed by atoms with van der Waals surface area (Å²) in [6, 6.07) is 4.14. The average Bonchev–Trinajstić information content (AvgIpc) is 2.77. The van der Waals surface area contributed by atoms with Gasteiger partial charge in [0.1, 0.15) is 11.5 Å². The molecule has 3 heteroatoms. The second-order valence-corrected chi connectivity index (χ2v) is 4.60. The minimum Gasteiger partial charge on any atom is -0.464 e. The van der Waals surface area contributed by atoms with Crippen molar-refractivity contribution in [2.75, 3.05) is 6.61 Å². The number of aryl methyl sites for hydroxylation is 1. The van der Waals surface area contributed by atoms with E-state index in [0.717, 1.165) is 24.4 Å². The molecule has 0 radical (unpaired) electrons. The summed E-state index contributed by atoms with van der Waals surface area (Å²) in [6.45, 7) is 8.35. The zero-order valence-corrected chi connectivity index (χ0v) is 10.7. The normalized spacial score (nSPS) is 17.1. The van der Waals surface area contributed by atoms with E-state index in [9.17, 15) is 5.11 Å². The third-order valence-corrected chi connectivity index (χ3v) is 3.15. The number of hydrogen-bond donors (Lipinski definition) is 2. The second-order valence-electron chi connectivity index (χ2n) is 4.60. The lowest BCUT2D eigenvalue weighted by molar-refractivity contribution is 0.154. The largest absolute Gasteiger partial charge is 0.464 e. The molecule has 0 aliphatic heterocycles. The molecule has 1 aromatic rings. The van der Waals surface area contributed by atoms with Gasteiger partial charge in [0.2, 0.25) is 0 Å². The van der Waals surface area contributed by atoms with Gasteiger partial charge in [-0.2, -0.15) is 0 Å². The molecule has 92 valence electrons. The average molecular weight is 225 g/mol. The summed E-state index contributed by atoms with van der Waals surface area (Å²) in [4.78, 5) is 0. The summed E-state index contributed by atoms with van der Waals surface area (Å²) >= 11 is 0. The van der Waals surface area contributed by atoms with Crippen LogP contribution in [0.1, 0.15) is 51.7 Å². The van der Waals surface area contributed by atoms with E-state index in [-0.39, 0.29) is 18.2 Å². The van der Waals surface area contributed by atoms with Gasteiger partial charge in [0.15, 0.2) is 0 Å². The standard InChI is InChI=1S/C13H23NO2/c1-5-11-7-8-12(16-11)10(3)14-13(4,6-2)9-15/h7-8,10,14-15H,5-6,9H2,1-4H3. The van der Waals surface area contributed by atoms with E-state index in [1.807, 2.05) is 19.1 Å². The van der Waals surface area contributed by atoms with Crippen molar-refractivity contribution in [1.82, 2.24) is 5.32 Å². The Hall–Kier alpha value is -0.800. The molecule has 2 unspecified atom stereocenters. The van der Waals surface area contributed by atoms with Crippen molar-refractivity contribution in [3.8, 4) is 0 Å². The molecule has 0 aliphatic rings. The maximum absolute atomic E-state index is 9.34. The predicted molar refractivity (Wildman–Crippen MR) is 65.4 cm³/mol. The molecule has 0 amide bonds. The Labute approximate surface area is 97.9 Å². The van der Waals surface area contributed by atoms with Gasteiger partial charge < -0.3 is 14.8 Å². The van der Waals surface area contributed by atoms with Crippen molar-refractivity contribution in [3.63, 3.8) is 0 Å². The van der Waals surface area contributed by atoms with Gasteiger partial charge in [0.05, 0.1) is 12.6 Å². The lowest BCUT2D eigenvalue weighted by Gasteiger charge is -2.30. The van der Waals surface area contributed by atoms with E-state index in [4.69, 9.17) is 4.42 Å². The number of aliphatic hydroxyl groups is 1. The van der Waals surface area contributed by atoms with E-state index in [1.165, 1.54) is 0 Å². The first-order chi connectivity index (χ1) is 7.54. The molecule has 2 N–H and O–H groups in total. The highest BCUT2D eigenvalue weighted by Gasteiger charge is 2.24. The van der Waals surface area contributed by atoms with Crippen LogP contribution < -0.4 is 5.32 Å². The zero-order chi connectivity index (χ0) is 12.2. The molecule has 1 aromatic heterocycles. The molecular formula is C13H23NO2. The van der Waals surface area contributed by atoms with Gasteiger partial charge in [-0.25, -0.2) is 0 Å². The van der Waals surface area contributed by atoms with Gasteiger partial charge in [-0.05, 0) is 32.4 Å². The predicted octanol–water partition coefficient (Wildman–Crippen LogP) is 2.65.